The Morgan fingerprint density at radius 3 is 2.81 bits per heavy atom. The molecule has 1 atom stereocenters. The van der Waals surface area contributed by atoms with Gasteiger partial charge in [-0.3, -0.25) is 10.2 Å². The fourth-order valence-corrected chi connectivity index (χ4v) is 2.04. The Balaban J connectivity index is 2.06. The van der Waals surface area contributed by atoms with Crippen molar-refractivity contribution >= 4 is 5.91 Å². The number of hydrazine groups is 1. The number of hydrogen-bond donors (Lipinski definition) is 2. The molecule has 1 heterocycles. The van der Waals surface area contributed by atoms with Gasteiger partial charge in [-0.15, -0.1) is 0 Å². The van der Waals surface area contributed by atoms with E-state index in [-0.39, 0.29) is 12.4 Å². The summed E-state index contributed by atoms with van der Waals surface area (Å²) in [6.07, 6.45) is 1.04. The van der Waals surface area contributed by atoms with Gasteiger partial charge in [0, 0.05) is 0 Å². The summed E-state index contributed by atoms with van der Waals surface area (Å²) in [4.78, 5) is 11.3. The van der Waals surface area contributed by atoms with Crippen LogP contribution >= 0.6 is 0 Å². The lowest BCUT2D eigenvalue weighted by Gasteiger charge is -2.14. The van der Waals surface area contributed by atoms with E-state index < -0.39 is 5.91 Å². The van der Waals surface area contributed by atoms with Crippen LogP contribution in [0.1, 0.15) is 48.1 Å². The second-order valence-electron chi connectivity index (χ2n) is 4.88. The summed E-state index contributed by atoms with van der Waals surface area (Å²) < 4.78 is 11.2. The maximum atomic E-state index is 11.3. The number of para-hydroxylation sites is 1. The minimum atomic E-state index is -0.457. The van der Waals surface area contributed by atoms with Crippen LogP contribution in [0, 0.1) is 0 Å². The monoisotopic (exact) mass is 288 g/mol. The van der Waals surface area contributed by atoms with Crippen LogP contribution in [0.25, 0.3) is 0 Å². The zero-order chi connectivity index (χ0) is 15.2. The minimum absolute atomic E-state index is 0.173. The van der Waals surface area contributed by atoms with Crippen LogP contribution in [0.2, 0.25) is 0 Å². The van der Waals surface area contributed by atoms with E-state index in [9.17, 15) is 4.79 Å². The van der Waals surface area contributed by atoms with Gasteiger partial charge in [-0.2, -0.15) is 0 Å². The predicted octanol–water partition coefficient (Wildman–Crippen LogP) is 2.98. The first kappa shape index (κ1) is 15.1. The van der Waals surface area contributed by atoms with E-state index in [2.05, 4.69) is 19.9 Å². The van der Waals surface area contributed by atoms with Crippen molar-refractivity contribution in [1.82, 2.24) is 5.43 Å². The van der Waals surface area contributed by atoms with E-state index in [1.165, 1.54) is 5.56 Å². The first-order valence-corrected chi connectivity index (χ1v) is 6.97. The van der Waals surface area contributed by atoms with Gasteiger partial charge in [0.25, 0.3) is 0 Å². The SMILES string of the molecule is CCC(C)c1ccccc1OCc1ccc(C(=O)NN)o1. The number of rotatable bonds is 6. The number of carbonyl (C=O) groups is 1. The minimum Gasteiger partial charge on any atom is -0.485 e. The van der Waals surface area contributed by atoms with E-state index in [1.54, 1.807) is 12.1 Å². The number of hydrogen-bond acceptors (Lipinski definition) is 4. The van der Waals surface area contributed by atoms with E-state index in [1.807, 2.05) is 23.6 Å². The number of nitrogens with two attached hydrogens (primary N) is 1. The molecular weight excluding hydrogens is 268 g/mol. The van der Waals surface area contributed by atoms with Gasteiger partial charge in [0.05, 0.1) is 0 Å². The highest BCUT2D eigenvalue weighted by Crippen LogP contribution is 2.29. The Morgan fingerprint density at radius 1 is 1.33 bits per heavy atom. The highest BCUT2D eigenvalue weighted by Gasteiger charge is 2.12. The van der Waals surface area contributed by atoms with Crippen molar-refractivity contribution in [2.24, 2.45) is 5.84 Å². The van der Waals surface area contributed by atoms with Gasteiger partial charge in [0.15, 0.2) is 5.76 Å². The first-order valence-electron chi connectivity index (χ1n) is 6.97. The molecule has 0 radical (unpaired) electrons. The van der Waals surface area contributed by atoms with Crippen molar-refractivity contribution in [3.8, 4) is 5.75 Å². The molecule has 0 saturated heterocycles. The molecule has 112 valence electrons. The summed E-state index contributed by atoms with van der Waals surface area (Å²) in [6, 6.07) is 11.2. The van der Waals surface area contributed by atoms with Crippen molar-refractivity contribution in [3.05, 3.63) is 53.5 Å². The van der Waals surface area contributed by atoms with Crippen molar-refractivity contribution in [3.63, 3.8) is 0 Å². The number of nitrogens with one attached hydrogen (secondary N) is 1. The van der Waals surface area contributed by atoms with Crippen molar-refractivity contribution in [2.75, 3.05) is 0 Å². The summed E-state index contributed by atoms with van der Waals surface area (Å²) in [7, 11) is 0. The third kappa shape index (κ3) is 3.64. The molecule has 5 heteroatoms. The number of nitrogen functional groups attached to an aromatic ring is 1. The number of benzene rings is 1. The van der Waals surface area contributed by atoms with Crippen LogP contribution in [0.4, 0.5) is 0 Å². The molecule has 0 fully saturated rings. The van der Waals surface area contributed by atoms with Gasteiger partial charge in [-0.05, 0) is 36.1 Å². The van der Waals surface area contributed by atoms with Crippen molar-refractivity contribution in [1.29, 1.82) is 0 Å². The van der Waals surface area contributed by atoms with Crippen LogP contribution < -0.4 is 16.0 Å². The van der Waals surface area contributed by atoms with Crippen molar-refractivity contribution < 1.29 is 13.9 Å². The number of amides is 1. The fraction of sp³-hybridized carbons (Fsp3) is 0.312. The van der Waals surface area contributed by atoms with Crippen molar-refractivity contribution in [2.45, 2.75) is 32.8 Å². The number of furan rings is 1. The second kappa shape index (κ2) is 6.95. The normalized spacial score (nSPS) is 12.0. The predicted molar refractivity (Wildman–Crippen MR) is 79.8 cm³/mol. The number of ether oxygens (including phenoxy) is 1. The highest BCUT2D eigenvalue weighted by molar-refractivity contribution is 5.90. The lowest BCUT2D eigenvalue weighted by Crippen LogP contribution is -2.29. The molecule has 0 bridgehead atoms. The molecule has 0 saturated carbocycles. The van der Waals surface area contributed by atoms with E-state index in [4.69, 9.17) is 15.0 Å². The molecule has 1 aromatic carbocycles. The highest BCUT2D eigenvalue weighted by atomic mass is 16.5. The Labute approximate surface area is 124 Å². The number of carbonyl (C=O) groups excluding carboxylic acids is 1. The fourth-order valence-electron chi connectivity index (χ4n) is 2.04. The zero-order valence-electron chi connectivity index (χ0n) is 12.3. The van der Waals surface area contributed by atoms with Gasteiger partial charge in [0.1, 0.15) is 18.1 Å². The van der Waals surface area contributed by atoms with Crippen LogP contribution in [0.5, 0.6) is 5.75 Å². The topological polar surface area (TPSA) is 77.5 Å². The maximum Gasteiger partial charge on any atom is 0.300 e. The molecule has 3 N–H and O–H groups in total. The third-order valence-corrected chi connectivity index (χ3v) is 3.45. The third-order valence-electron chi connectivity index (χ3n) is 3.45. The summed E-state index contributed by atoms with van der Waals surface area (Å²) >= 11 is 0. The molecule has 21 heavy (non-hydrogen) atoms. The molecule has 2 rings (SSSR count). The molecule has 1 amide bonds. The van der Waals surface area contributed by atoms with Crippen LogP contribution in [-0.4, -0.2) is 5.91 Å². The van der Waals surface area contributed by atoms with E-state index >= 15 is 0 Å². The van der Waals surface area contributed by atoms with Gasteiger partial charge in [-0.25, -0.2) is 5.84 Å². The lowest BCUT2D eigenvalue weighted by atomic mass is 9.98. The first-order chi connectivity index (χ1) is 10.2. The second-order valence-corrected chi connectivity index (χ2v) is 4.88. The van der Waals surface area contributed by atoms with Crippen LogP contribution in [0.15, 0.2) is 40.8 Å². The molecular formula is C16H20N2O3. The van der Waals surface area contributed by atoms with Gasteiger partial charge in [-0.1, -0.05) is 32.0 Å². The van der Waals surface area contributed by atoms with E-state index in [0.29, 0.717) is 11.7 Å². The summed E-state index contributed by atoms with van der Waals surface area (Å²) in [5, 5.41) is 0. The molecule has 5 nitrogen and oxygen atoms in total. The average Bonchev–Trinajstić information content (AvgIpc) is 3.00. The zero-order valence-corrected chi connectivity index (χ0v) is 12.3. The smallest absolute Gasteiger partial charge is 0.300 e. The molecule has 0 aliphatic rings. The standard InChI is InChI=1S/C16H20N2O3/c1-3-11(2)13-6-4-5-7-14(13)20-10-12-8-9-15(21-12)16(19)18-17/h4-9,11H,3,10,17H2,1-2H3,(H,18,19). The van der Waals surface area contributed by atoms with Crippen LogP contribution in [0.3, 0.4) is 0 Å². The quantitative estimate of drug-likeness (QED) is 0.486. The van der Waals surface area contributed by atoms with Crippen LogP contribution in [-0.2, 0) is 6.61 Å². The van der Waals surface area contributed by atoms with Gasteiger partial charge >= 0.3 is 5.91 Å². The maximum absolute atomic E-state index is 11.3. The molecule has 0 aliphatic carbocycles. The molecule has 0 aliphatic heterocycles. The Bertz CT molecular complexity index is 607. The summed E-state index contributed by atoms with van der Waals surface area (Å²) in [5.41, 5.74) is 3.20. The Hall–Kier alpha value is -2.27. The van der Waals surface area contributed by atoms with E-state index in [0.717, 1.165) is 12.2 Å². The Morgan fingerprint density at radius 2 is 2.10 bits per heavy atom. The summed E-state index contributed by atoms with van der Waals surface area (Å²) in [6.45, 7) is 4.58. The Kier molecular flexibility index (Phi) is 5.00. The summed E-state index contributed by atoms with van der Waals surface area (Å²) in [5.74, 6) is 6.62. The molecule has 1 unspecified atom stereocenters. The largest absolute Gasteiger partial charge is 0.485 e. The van der Waals surface area contributed by atoms with Gasteiger partial charge in [0.2, 0.25) is 0 Å². The molecule has 0 spiro atoms. The lowest BCUT2D eigenvalue weighted by molar-refractivity contribution is 0.0922. The van der Waals surface area contributed by atoms with Gasteiger partial charge < -0.3 is 9.15 Å². The average molecular weight is 288 g/mol. The molecule has 2 aromatic rings. The molecule has 1 aromatic heterocycles.